The molecule has 2 nitrogen and oxygen atoms in total. The van der Waals surface area contributed by atoms with Crippen molar-refractivity contribution in [3.63, 3.8) is 0 Å². The van der Waals surface area contributed by atoms with Gasteiger partial charge < -0.3 is 0 Å². The summed E-state index contributed by atoms with van der Waals surface area (Å²) in [5.74, 6) is -0.909. The molecule has 21 heavy (non-hydrogen) atoms. The summed E-state index contributed by atoms with van der Waals surface area (Å²) in [6.07, 6.45) is 0. The van der Waals surface area contributed by atoms with E-state index in [1.807, 2.05) is 0 Å². The first kappa shape index (κ1) is 14.6. The van der Waals surface area contributed by atoms with Crippen LogP contribution in [0.1, 0.15) is 11.6 Å². The average molecular weight is 345 g/mol. The first-order valence-electron chi connectivity index (χ1n) is 6.14. The highest BCUT2D eigenvalue weighted by Gasteiger charge is 2.60. The number of anilines is 1. The molecule has 1 amide bonds. The highest BCUT2D eigenvalue weighted by Crippen LogP contribution is 2.52. The number of hydrogen-bond acceptors (Lipinski definition) is 1. The van der Waals surface area contributed by atoms with Crippen LogP contribution in [0.15, 0.2) is 48.5 Å². The number of hydrogen-bond donors (Lipinski definition) is 0. The number of amides is 1. The fourth-order valence-electron chi connectivity index (χ4n) is 2.39. The maximum Gasteiger partial charge on any atom is 0.266 e. The van der Waals surface area contributed by atoms with Crippen molar-refractivity contribution < 1.29 is 9.18 Å². The molecule has 0 N–H and O–H groups in total. The predicted molar refractivity (Wildman–Crippen MR) is 82.5 cm³/mol. The third-order valence-electron chi connectivity index (χ3n) is 3.38. The fourth-order valence-corrected chi connectivity index (χ4v) is 3.14. The molecule has 0 aliphatic carbocycles. The molecule has 0 radical (unpaired) electrons. The molecular formula is C15H9Cl3FNO. The summed E-state index contributed by atoms with van der Waals surface area (Å²) in [7, 11) is 0. The molecule has 1 saturated heterocycles. The Morgan fingerprint density at radius 2 is 1.76 bits per heavy atom. The Hall–Kier alpha value is -1.29. The highest BCUT2D eigenvalue weighted by atomic mass is 35.5. The van der Waals surface area contributed by atoms with E-state index in [1.165, 1.54) is 23.1 Å². The molecule has 1 atom stereocenters. The lowest BCUT2D eigenvalue weighted by molar-refractivity contribution is -0.125. The zero-order chi connectivity index (χ0) is 15.2. The lowest BCUT2D eigenvalue weighted by Gasteiger charge is -2.49. The van der Waals surface area contributed by atoms with Crippen LogP contribution in [-0.4, -0.2) is 10.2 Å². The first-order chi connectivity index (χ1) is 9.91. The zero-order valence-electron chi connectivity index (χ0n) is 10.6. The number of nitrogens with zero attached hydrogens (tertiary/aromatic N) is 1. The Balaban J connectivity index is 2.03. The van der Waals surface area contributed by atoms with Crippen molar-refractivity contribution in [3.8, 4) is 0 Å². The maximum absolute atomic E-state index is 13.4. The van der Waals surface area contributed by atoms with Crippen LogP contribution in [0, 0.1) is 5.82 Å². The van der Waals surface area contributed by atoms with Crippen LogP contribution in [0.25, 0.3) is 0 Å². The molecule has 108 valence electrons. The number of β-lactam (4-membered cyclic amide) rings is 1. The quantitative estimate of drug-likeness (QED) is 0.569. The number of alkyl halides is 2. The third kappa shape index (κ3) is 2.39. The molecule has 1 aliphatic heterocycles. The van der Waals surface area contributed by atoms with Crippen molar-refractivity contribution >= 4 is 46.4 Å². The number of carbonyl (C=O) groups excluding carboxylic acids is 1. The topological polar surface area (TPSA) is 20.3 Å². The number of halogens is 4. The van der Waals surface area contributed by atoms with Crippen LogP contribution in [0.5, 0.6) is 0 Å². The summed E-state index contributed by atoms with van der Waals surface area (Å²) < 4.78 is 11.8. The van der Waals surface area contributed by atoms with E-state index in [1.54, 1.807) is 30.3 Å². The van der Waals surface area contributed by atoms with Crippen LogP contribution < -0.4 is 4.90 Å². The molecule has 0 bridgehead atoms. The lowest BCUT2D eigenvalue weighted by Crippen LogP contribution is -2.62. The first-order valence-corrected chi connectivity index (χ1v) is 7.27. The van der Waals surface area contributed by atoms with Gasteiger partial charge in [0.15, 0.2) is 0 Å². The zero-order valence-corrected chi connectivity index (χ0v) is 12.8. The van der Waals surface area contributed by atoms with Crippen molar-refractivity contribution in [1.29, 1.82) is 0 Å². The summed E-state index contributed by atoms with van der Waals surface area (Å²) in [4.78, 5) is 13.5. The Labute approximate surface area is 136 Å². The van der Waals surface area contributed by atoms with E-state index in [0.29, 0.717) is 10.7 Å². The van der Waals surface area contributed by atoms with Gasteiger partial charge in [-0.15, -0.1) is 0 Å². The van der Waals surface area contributed by atoms with Crippen LogP contribution >= 0.6 is 34.8 Å². The van der Waals surface area contributed by atoms with Gasteiger partial charge >= 0.3 is 0 Å². The van der Waals surface area contributed by atoms with E-state index in [-0.39, 0.29) is 0 Å². The van der Waals surface area contributed by atoms with Gasteiger partial charge in [0.2, 0.25) is 4.33 Å². The molecule has 1 aliphatic rings. The van der Waals surface area contributed by atoms with Gasteiger partial charge in [-0.25, -0.2) is 4.39 Å². The molecular weight excluding hydrogens is 336 g/mol. The maximum atomic E-state index is 13.4. The minimum atomic E-state index is -1.57. The summed E-state index contributed by atoms with van der Waals surface area (Å²) in [5.41, 5.74) is 1.14. The standard InChI is InChI=1S/C15H9Cl3FNO/c16-10-6-4-9(5-7-10)13-15(17,18)14(21)20(13)12-3-1-2-11(19)8-12/h1-8,13H. The van der Waals surface area contributed by atoms with Crippen molar-refractivity contribution in [1.82, 2.24) is 0 Å². The fraction of sp³-hybridized carbons (Fsp3) is 0.133. The molecule has 1 unspecified atom stereocenters. The SMILES string of the molecule is O=C1N(c2cccc(F)c2)C(c2ccc(Cl)cc2)C1(Cl)Cl. The van der Waals surface area contributed by atoms with Gasteiger partial charge in [0, 0.05) is 10.7 Å². The van der Waals surface area contributed by atoms with Crippen molar-refractivity contribution in [2.75, 3.05) is 4.90 Å². The molecule has 1 fully saturated rings. The van der Waals surface area contributed by atoms with Gasteiger partial charge in [0.05, 0.1) is 0 Å². The molecule has 6 heteroatoms. The summed E-state index contributed by atoms with van der Waals surface area (Å²) in [5, 5.41) is 0.566. The molecule has 0 spiro atoms. The molecule has 2 aromatic rings. The third-order valence-corrected chi connectivity index (χ3v) is 4.37. The minimum Gasteiger partial charge on any atom is -0.299 e. The Morgan fingerprint density at radius 3 is 2.38 bits per heavy atom. The summed E-state index contributed by atoms with van der Waals surface area (Å²) >= 11 is 18.1. The smallest absolute Gasteiger partial charge is 0.266 e. The number of carbonyl (C=O) groups is 1. The van der Waals surface area contributed by atoms with E-state index >= 15 is 0 Å². The molecule has 0 aromatic heterocycles. The summed E-state index contributed by atoms with van der Waals surface area (Å²) in [6, 6.07) is 12.0. The Bertz CT molecular complexity index is 702. The van der Waals surface area contributed by atoms with Crippen LogP contribution in [0.4, 0.5) is 10.1 Å². The average Bonchev–Trinajstić information content (AvgIpc) is 2.45. The van der Waals surface area contributed by atoms with Crippen LogP contribution in [-0.2, 0) is 4.79 Å². The molecule has 1 heterocycles. The van der Waals surface area contributed by atoms with E-state index < -0.39 is 22.1 Å². The lowest BCUT2D eigenvalue weighted by atomic mass is 9.91. The van der Waals surface area contributed by atoms with Gasteiger partial charge in [0.1, 0.15) is 11.9 Å². The second-order valence-corrected chi connectivity index (χ2v) is 6.55. The monoisotopic (exact) mass is 343 g/mol. The van der Waals surface area contributed by atoms with E-state index in [2.05, 4.69) is 0 Å². The Kier molecular flexibility index (Phi) is 3.60. The van der Waals surface area contributed by atoms with E-state index in [4.69, 9.17) is 34.8 Å². The van der Waals surface area contributed by atoms with Gasteiger partial charge in [-0.2, -0.15) is 0 Å². The van der Waals surface area contributed by atoms with E-state index in [9.17, 15) is 9.18 Å². The summed E-state index contributed by atoms with van der Waals surface area (Å²) in [6.45, 7) is 0. The van der Waals surface area contributed by atoms with Gasteiger partial charge in [-0.3, -0.25) is 9.69 Å². The van der Waals surface area contributed by atoms with Crippen molar-refractivity contribution in [3.05, 3.63) is 64.9 Å². The van der Waals surface area contributed by atoms with Gasteiger partial charge in [-0.1, -0.05) is 53.0 Å². The number of benzene rings is 2. The molecule has 0 saturated carbocycles. The predicted octanol–water partition coefficient (Wildman–Crippen LogP) is 4.74. The van der Waals surface area contributed by atoms with Crippen LogP contribution in [0.3, 0.4) is 0 Å². The van der Waals surface area contributed by atoms with Crippen molar-refractivity contribution in [2.45, 2.75) is 10.4 Å². The largest absolute Gasteiger partial charge is 0.299 e. The minimum absolute atomic E-state index is 0.414. The Morgan fingerprint density at radius 1 is 1.10 bits per heavy atom. The van der Waals surface area contributed by atoms with Gasteiger partial charge in [0.25, 0.3) is 5.91 Å². The van der Waals surface area contributed by atoms with Gasteiger partial charge in [-0.05, 0) is 35.9 Å². The van der Waals surface area contributed by atoms with Crippen LogP contribution in [0.2, 0.25) is 5.02 Å². The second-order valence-electron chi connectivity index (χ2n) is 4.73. The van der Waals surface area contributed by atoms with Crippen molar-refractivity contribution in [2.24, 2.45) is 0 Å². The molecule has 2 aromatic carbocycles. The second kappa shape index (κ2) is 5.16. The highest BCUT2D eigenvalue weighted by molar-refractivity contribution is 6.62. The molecule has 3 rings (SSSR count). The number of rotatable bonds is 2. The normalized spacial score (nSPS) is 20.3. The van der Waals surface area contributed by atoms with E-state index in [0.717, 1.165) is 5.56 Å².